The van der Waals surface area contributed by atoms with Gasteiger partial charge in [-0.15, -0.1) is 0 Å². The fraction of sp³-hybridized carbons (Fsp3) is 0.900. The summed E-state index contributed by atoms with van der Waals surface area (Å²) in [6.07, 6.45) is 0.624. The number of morpholine rings is 1. The van der Waals surface area contributed by atoms with Gasteiger partial charge in [-0.25, -0.2) is 4.79 Å². The number of nitrogens with one attached hydrogen (secondary N) is 1. The zero-order valence-electron chi connectivity index (χ0n) is 9.22. The fourth-order valence-corrected chi connectivity index (χ4v) is 1.93. The summed E-state index contributed by atoms with van der Waals surface area (Å²) >= 11 is 0. The van der Waals surface area contributed by atoms with Crippen LogP contribution in [0.2, 0.25) is 0 Å². The summed E-state index contributed by atoms with van der Waals surface area (Å²) in [4.78, 5) is 13.5. The maximum Gasteiger partial charge on any atom is 0.317 e. The molecule has 0 aromatic carbocycles. The minimum atomic E-state index is -0.251. The van der Waals surface area contributed by atoms with Crippen molar-refractivity contribution in [2.24, 2.45) is 0 Å². The lowest BCUT2D eigenvalue weighted by Gasteiger charge is -2.32. The number of aliphatic hydroxyl groups excluding tert-OH is 1. The predicted octanol–water partition coefficient (Wildman–Crippen LogP) is -0.822. The second-order valence-electron chi connectivity index (χ2n) is 4.13. The van der Waals surface area contributed by atoms with E-state index in [0.29, 0.717) is 32.9 Å². The topological polar surface area (TPSA) is 71.0 Å². The molecule has 0 saturated carbocycles. The van der Waals surface area contributed by atoms with Crippen molar-refractivity contribution in [2.75, 3.05) is 39.5 Å². The van der Waals surface area contributed by atoms with Crippen LogP contribution in [0.25, 0.3) is 0 Å². The van der Waals surface area contributed by atoms with Gasteiger partial charge in [-0.2, -0.15) is 0 Å². The number of hydrogen-bond acceptors (Lipinski definition) is 4. The van der Waals surface area contributed by atoms with Gasteiger partial charge in [0.1, 0.15) is 0 Å². The summed E-state index contributed by atoms with van der Waals surface area (Å²) in [5, 5.41) is 11.9. The molecule has 2 fully saturated rings. The van der Waals surface area contributed by atoms with Gasteiger partial charge in [-0.05, 0) is 6.42 Å². The second-order valence-corrected chi connectivity index (χ2v) is 4.13. The molecule has 2 saturated heterocycles. The molecule has 2 heterocycles. The first-order chi connectivity index (χ1) is 7.79. The Morgan fingerprint density at radius 3 is 3.06 bits per heavy atom. The Balaban J connectivity index is 1.79. The molecule has 2 rings (SSSR count). The predicted molar refractivity (Wildman–Crippen MR) is 56.2 cm³/mol. The molecule has 0 bridgehead atoms. The van der Waals surface area contributed by atoms with Gasteiger partial charge in [0.2, 0.25) is 0 Å². The third-order valence-electron chi connectivity index (χ3n) is 2.89. The second kappa shape index (κ2) is 5.47. The van der Waals surface area contributed by atoms with Gasteiger partial charge in [0.25, 0.3) is 0 Å². The molecule has 2 amide bonds. The van der Waals surface area contributed by atoms with Crippen LogP contribution in [-0.2, 0) is 9.47 Å². The minimum Gasteiger partial charge on any atom is -0.394 e. The highest BCUT2D eigenvalue weighted by molar-refractivity contribution is 5.74. The number of carbonyl (C=O) groups is 1. The van der Waals surface area contributed by atoms with E-state index in [1.807, 2.05) is 0 Å². The zero-order chi connectivity index (χ0) is 11.4. The molecule has 2 aliphatic heterocycles. The average molecular weight is 230 g/mol. The van der Waals surface area contributed by atoms with Gasteiger partial charge in [-0.1, -0.05) is 0 Å². The molecule has 2 aliphatic rings. The minimum absolute atomic E-state index is 0.0453. The van der Waals surface area contributed by atoms with Crippen molar-refractivity contribution in [3.63, 3.8) is 0 Å². The van der Waals surface area contributed by atoms with E-state index in [-0.39, 0.29) is 24.8 Å². The molecule has 0 radical (unpaired) electrons. The van der Waals surface area contributed by atoms with Gasteiger partial charge < -0.3 is 24.8 Å². The Kier molecular flexibility index (Phi) is 3.98. The van der Waals surface area contributed by atoms with Gasteiger partial charge in [0, 0.05) is 13.2 Å². The summed E-state index contributed by atoms with van der Waals surface area (Å²) < 4.78 is 10.5. The lowest BCUT2D eigenvalue weighted by Crippen LogP contribution is -2.52. The maximum atomic E-state index is 11.8. The lowest BCUT2D eigenvalue weighted by molar-refractivity contribution is -0.0405. The van der Waals surface area contributed by atoms with Crippen molar-refractivity contribution in [2.45, 2.75) is 18.6 Å². The van der Waals surface area contributed by atoms with Crippen molar-refractivity contribution in [1.29, 1.82) is 0 Å². The third kappa shape index (κ3) is 2.84. The number of urea groups is 1. The Morgan fingerprint density at radius 2 is 2.38 bits per heavy atom. The van der Waals surface area contributed by atoms with E-state index in [2.05, 4.69) is 5.32 Å². The SMILES string of the molecule is O=C(NC1CCOC1)N1CCOC(CO)C1. The highest BCUT2D eigenvalue weighted by Crippen LogP contribution is 2.07. The average Bonchev–Trinajstić information content (AvgIpc) is 2.82. The molecule has 6 heteroatoms. The molecule has 0 spiro atoms. The Hall–Kier alpha value is -0.850. The van der Waals surface area contributed by atoms with Crippen LogP contribution in [0.15, 0.2) is 0 Å². The van der Waals surface area contributed by atoms with Gasteiger partial charge in [-0.3, -0.25) is 0 Å². The molecule has 0 aliphatic carbocycles. The quantitative estimate of drug-likeness (QED) is 0.650. The van der Waals surface area contributed by atoms with Gasteiger partial charge >= 0.3 is 6.03 Å². The molecular weight excluding hydrogens is 212 g/mol. The molecule has 0 aromatic heterocycles. The van der Waals surface area contributed by atoms with E-state index in [4.69, 9.17) is 14.6 Å². The highest BCUT2D eigenvalue weighted by atomic mass is 16.5. The number of aliphatic hydroxyl groups is 1. The van der Waals surface area contributed by atoms with Crippen molar-refractivity contribution < 1.29 is 19.4 Å². The lowest BCUT2D eigenvalue weighted by atomic mass is 10.2. The van der Waals surface area contributed by atoms with E-state index in [9.17, 15) is 4.79 Å². The molecule has 6 nitrogen and oxygen atoms in total. The van der Waals surface area contributed by atoms with Crippen LogP contribution in [-0.4, -0.2) is 67.7 Å². The Morgan fingerprint density at radius 1 is 1.50 bits per heavy atom. The Bertz CT molecular complexity index is 243. The molecule has 2 atom stereocenters. The van der Waals surface area contributed by atoms with Gasteiger partial charge in [0.05, 0.1) is 38.5 Å². The summed E-state index contributed by atoms with van der Waals surface area (Å²) in [6.45, 7) is 2.79. The van der Waals surface area contributed by atoms with Crippen LogP contribution in [0.5, 0.6) is 0 Å². The molecule has 16 heavy (non-hydrogen) atoms. The smallest absolute Gasteiger partial charge is 0.317 e. The van der Waals surface area contributed by atoms with Crippen LogP contribution in [0.3, 0.4) is 0 Å². The van der Waals surface area contributed by atoms with Gasteiger partial charge in [0.15, 0.2) is 0 Å². The summed E-state index contributed by atoms with van der Waals surface area (Å²) in [7, 11) is 0. The van der Waals surface area contributed by atoms with Crippen LogP contribution in [0.4, 0.5) is 4.79 Å². The normalized spacial score (nSPS) is 30.4. The Labute approximate surface area is 94.5 Å². The molecular formula is C10H18N2O4. The van der Waals surface area contributed by atoms with Crippen LogP contribution >= 0.6 is 0 Å². The van der Waals surface area contributed by atoms with E-state index in [1.165, 1.54) is 0 Å². The first-order valence-corrected chi connectivity index (χ1v) is 5.65. The van der Waals surface area contributed by atoms with E-state index in [1.54, 1.807) is 4.90 Å². The van der Waals surface area contributed by atoms with E-state index < -0.39 is 0 Å². The molecule has 2 N–H and O–H groups in total. The molecule has 92 valence electrons. The van der Waals surface area contributed by atoms with Crippen molar-refractivity contribution in [3.8, 4) is 0 Å². The van der Waals surface area contributed by atoms with Crippen molar-refractivity contribution in [3.05, 3.63) is 0 Å². The monoisotopic (exact) mass is 230 g/mol. The molecule has 0 aromatic rings. The first kappa shape index (κ1) is 11.6. The maximum absolute atomic E-state index is 11.8. The number of rotatable bonds is 2. The summed E-state index contributed by atoms with van der Waals surface area (Å²) in [5.74, 6) is 0. The first-order valence-electron chi connectivity index (χ1n) is 5.65. The van der Waals surface area contributed by atoms with E-state index in [0.717, 1.165) is 6.42 Å². The van der Waals surface area contributed by atoms with Crippen LogP contribution < -0.4 is 5.32 Å². The number of amides is 2. The zero-order valence-corrected chi connectivity index (χ0v) is 9.22. The number of ether oxygens (including phenoxy) is 2. The van der Waals surface area contributed by atoms with E-state index >= 15 is 0 Å². The van der Waals surface area contributed by atoms with Crippen molar-refractivity contribution >= 4 is 6.03 Å². The highest BCUT2D eigenvalue weighted by Gasteiger charge is 2.26. The summed E-state index contributed by atoms with van der Waals surface area (Å²) in [6, 6.07) is 0.0418. The largest absolute Gasteiger partial charge is 0.394 e. The third-order valence-corrected chi connectivity index (χ3v) is 2.89. The molecule has 2 unspecified atom stereocenters. The number of hydrogen-bond donors (Lipinski definition) is 2. The number of carbonyl (C=O) groups excluding carboxylic acids is 1. The van der Waals surface area contributed by atoms with Crippen LogP contribution in [0, 0.1) is 0 Å². The standard InChI is InChI=1S/C10H18N2O4/c13-6-9-5-12(2-4-16-9)10(14)11-8-1-3-15-7-8/h8-9,13H,1-7H2,(H,11,14). The fourth-order valence-electron chi connectivity index (χ4n) is 1.93. The van der Waals surface area contributed by atoms with Crippen LogP contribution in [0.1, 0.15) is 6.42 Å². The summed E-state index contributed by atoms with van der Waals surface area (Å²) in [5.41, 5.74) is 0. The van der Waals surface area contributed by atoms with Crippen molar-refractivity contribution in [1.82, 2.24) is 10.2 Å². The number of nitrogens with zero attached hydrogens (tertiary/aromatic N) is 1.